The number of ether oxygens (including phenoxy) is 1. The topological polar surface area (TPSA) is 50.4 Å². The summed E-state index contributed by atoms with van der Waals surface area (Å²) in [7, 11) is 1.64. The summed E-state index contributed by atoms with van der Waals surface area (Å²) in [6, 6.07) is 15.2. The maximum atomic E-state index is 11.9. The van der Waals surface area contributed by atoms with Crippen LogP contribution in [0.2, 0.25) is 5.02 Å². The molecule has 120 valence electrons. The molecule has 3 rings (SSSR count). The van der Waals surface area contributed by atoms with Crippen molar-refractivity contribution in [2.75, 3.05) is 13.7 Å². The molecule has 0 bridgehead atoms. The molecule has 0 aliphatic carbocycles. The Hall–Kier alpha value is -2.04. The Morgan fingerprint density at radius 2 is 1.96 bits per heavy atom. The van der Waals surface area contributed by atoms with Crippen molar-refractivity contribution in [3.05, 3.63) is 64.7 Å². The molecule has 2 aromatic rings. The minimum atomic E-state index is -0.210. The quantitative estimate of drug-likeness (QED) is 0.886. The summed E-state index contributed by atoms with van der Waals surface area (Å²) in [4.78, 5) is 11.9. The van der Waals surface area contributed by atoms with Gasteiger partial charge < -0.3 is 10.1 Å². The molecule has 2 N–H and O–H groups in total. The summed E-state index contributed by atoms with van der Waals surface area (Å²) >= 11 is 6.38. The highest BCUT2D eigenvalue weighted by molar-refractivity contribution is 6.31. The number of hydrogen-bond donors (Lipinski definition) is 2. The van der Waals surface area contributed by atoms with Gasteiger partial charge in [0.25, 0.3) is 0 Å². The molecule has 1 aliphatic rings. The van der Waals surface area contributed by atoms with Crippen molar-refractivity contribution in [3.63, 3.8) is 0 Å². The first-order valence-corrected chi connectivity index (χ1v) is 7.99. The molecule has 2 unspecified atom stereocenters. The summed E-state index contributed by atoms with van der Waals surface area (Å²) in [5, 5.41) is 6.98. The smallest absolute Gasteiger partial charge is 0.237 e. The molecule has 0 aromatic heterocycles. The standard InChI is InChI=1S/C18H19ClN2O2/c1-23-13-8-6-12(7-9-13)17(14-4-2-3-5-15(14)19)21-16-10-11-20-18(16)22/h2-9,16-17,21H,10-11H2,1H3,(H,20,22). The fourth-order valence-electron chi connectivity index (χ4n) is 2.83. The zero-order valence-electron chi connectivity index (χ0n) is 12.9. The van der Waals surface area contributed by atoms with Gasteiger partial charge in [-0.2, -0.15) is 0 Å². The molecule has 0 radical (unpaired) electrons. The first kappa shape index (κ1) is 15.8. The van der Waals surface area contributed by atoms with Gasteiger partial charge in [0.2, 0.25) is 5.91 Å². The number of halogens is 1. The number of nitrogens with one attached hydrogen (secondary N) is 2. The second-order valence-electron chi connectivity index (χ2n) is 5.53. The van der Waals surface area contributed by atoms with E-state index in [4.69, 9.17) is 16.3 Å². The molecule has 1 amide bonds. The van der Waals surface area contributed by atoms with Crippen molar-refractivity contribution >= 4 is 17.5 Å². The first-order chi connectivity index (χ1) is 11.2. The van der Waals surface area contributed by atoms with E-state index < -0.39 is 0 Å². The lowest BCUT2D eigenvalue weighted by Crippen LogP contribution is -2.39. The maximum absolute atomic E-state index is 11.9. The van der Waals surface area contributed by atoms with E-state index in [9.17, 15) is 4.79 Å². The SMILES string of the molecule is COc1ccc(C(NC2CCNC2=O)c2ccccc2Cl)cc1. The van der Waals surface area contributed by atoms with Crippen molar-refractivity contribution in [1.29, 1.82) is 0 Å². The van der Waals surface area contributed by atoms with Crippen molar-refractivity contribution in [3.8, 4) is 5.75 Å². The number of carbonyl (C=O) groups is 1. The van der Waals surface area contributed by atoms with E-state index in [2.05, 4.69) is 10.6 Å². The fourth-order valence-corrected chi connectivity index (χ4v) is 3.07. The molecule has 4 nitrogen and oxygen atoms in total. The average molecular weight is 331 g/mol. The lowest BCUT2D eigenvalue weighted by molar-refractivity contribution is -0.121. The molecular formula is C18H19ClN2O2. The van der Waals surface area contributed by atoms with Gasteiger partial charge in [-0.15, -0.1) is 0 Å². The van der Waals surface area contributed by atoms with Crippen molar-refractivity contribution < 1.29 is 9.53 Å². The first-order valence-electron chi connectivity index (χ1n) is 7.61. The van der Waals surface area contributed by atoms with E-state index in [1.165, 1.54) is 0 Å². The minimum absolute atomic E-state index is 0.0376. The molecular weight excluding hydrogens is 312 g/mol. The van der Waals surface area contributed by atoms with Gasteiger partial charge in [0.05, 0.1) is 19.2 Å². The lowest BCUT2D eigenvalue weighted by Gasteiger charge is -2.24. The van der Waals surface area contributed by atoms with E-state index in [0.717, 1.165) is 23.3 Å². The molecule has 2 aromatic carbocycles. The van der Waals surface area contributed by atoms with Crippen LogP contribution in [0.1, 0.15) is 23.6 Å². The van der Waals surface area contributed by atoms with E-state index in [0.29, 0.717) is 11.6 Å². The maximum Gasteiger partial charge on any atom is 0.237 e. The minimum Gasteiger partial charge on any atom is -0.497 e. The van der Waals surface area contributed by atoms with Crippen molar-refractivity contribution in [1.82, 2.24) is 10.6 Å². The number of carbonyl (C=O) groups excluding carboxylic acids is 1. The van der Waals surface area contributed by atoms with Crippen LogP contribution >= 0.6 is 11.6 Å². The summed E-state index contributed by atoms with van der Waals surface area (Å²) in [6.07, 6.45) is 0.774. The number of amides is 1. The van der Waals surface area contributed by atoms with E-state index in [-0.39, 0.29) is 18.0 Å². The Morgan fingerprint density at radius 1 is 1.22 bits per heavy atom. The lowest BCUT2D eigenvalue weighted by atomic mass is 9.97. The Balaban J connectivity index is 1.95. The summed E-state index contributed by atoms with van der Waals surface area (Å²) in [6.45, 7) is 0.703. The molecule has 1 saturated heterocycles. The van der Waals surface area contributed by atoms with Gasteiger partial charge in [0, 0.05) is 11.6 Å². The summed E-state index contributed by atoms with van der Waals surface area (Å²) in [5.74, 6) is 0.834. The van der Waals surface area contributed by atoms with Gasteiger partial charge in [0.15, 0.2) is 0 Å². The third-order valence-electron chi connectivity index (χ3n) is 4.08. The van der Waals surface area contributed by atoms with Gasteiger partial charge in [-0.25, -0.2) is 0 Å². The van der Waals surface area contributed by atoms with E-state index in [1.54, 1.807) is 7.11 Å². The molecule has 1 fully saturated rings. The largest absolute Gasteiger partial charge is 0.497 e. The fraction of sp³-hybridized carbons (Fsp3) is 0.278. The molecule has 5 heteroatoms. The molecule has 0 spiro atoms. The number of hydrogen-bond acceptors (Lipinski definition) is 3. The normalized spacial score (nSPS) is 18.5. The van der Waals surface area contributed by atoms with Gasteiger partial charge in [-0.1, -0.05) is 41.9 Å². The molecule has 1 aliphatic heterocycles. The Morgan fingerprint density at radius 3 is 2.57 bits per heavy atom. The van der Waals surface area contributed by atoms with Crippen LogP contribution in [0.15, 0.2) is 48.5 Å². The van der Waals surface area contributed by atoms with Crippen molar-refractivity contribution in [2.24, 2.45) is 0 Å². The highest BCUT2D eigenvalue weighted by Gasteiger charge is 2.28. The number of benzene rings is 2. The molecule has 1 heterocycles. The van der Waals surface area contributed by atoms with Crippen LogP contribution in [0.5, 0.6) is 5.75 Å². The Kier molecular flexibility index (Phi) is 4.84. The summed E-state index contributed by atoms with van der Waals surface area (Å²) < 4.78 is 5.22. The number of methoxy groups -OCH3 is 1. The third kappa shape index (κ3) is 3.49. The van der Waals surface area contributed by atoms with Gasteiger partial charge in [-0.05, 0) is 35.7 Å². The molecule has 0 saturated carbocycles. The van der Waals surface area contributed by atoms with Crippen LogP contribution in [-0.2, 0) is 4.79 Å². The zero-order chi connectivity index (χ0) is 16.2. The van der Waals surface area contributed by atoms with Crippen LogP contribution in [0.3, 0.4) is 0 Å². The van der Waals surface area contributed by atoms with Crippen LogP contribution in [0, 0.1) is 0 Å². The zero-order valence-corrected chi connectivity index (χ0v) is 13.6. The van der Waals surface area contributed by atoms with Gasteiger partial charge >= 0.3 is 0 Å². The highest BCUT2D eigenvalue weighted by Crippen LogP contribution is 2.30. The van der Waals surface area contributed by atoms with Crippen LogP contribution < -0.4 is 15.4 Å². The molecule has 23 heavy (non-hydrogen) atoms. The molecule has 2 atom stereocenters. The van der Waals surface area contributed by atoms with Crippen molar-refractivity contribution in [2.45, 2.75) is 18.5 Å². The van der Waals surface area contributed by atoms with Crippen LogP contribution in [-0.4, -0.2) is 25.6 Å². The van der Waals surface area contributed by atoms with Crippen LogP contribution in [0.4, 0.5) is 0 Å². The second kappa shape index (κ2) is 7.02. The second-order valence-corrected chi connectivity index (χ2v) is 5.93. The monoisotopic (exact) mass is 330 g/mol. The Labute approximate surface area is 140 Å². The van der Waals surface area contributed by atoms with Gasteiger partial charge in [-0.3, -0.25) is 10.1 Å². The highest BCUT2D eigenvalue weighted by atomic mass is 35.5. The summed E-state index contributed by atoms with van der Waals surface area (Å²) in [5.41, 5.74) is 2.00. The van der Waals surface area contributed by atoms with Crippen LogP contribution in [0.25, 0.3) is 0 Å². The Bertz CT molecular complexity index is 688. The average Bonchev–Trinajstić information content (AvgIpc) is 2.98. The van der Waals surface area contributed by atoms with E-state index >= 15 is 0 Å². The van der Waals surface area contributed by atoms with E-state index in [1.807, 2.05) is 48.5 Å². The predicted molar refractivity (Wildman–Crippen MR) is 90.8 cm³/mol. The van der Waals surface area contributed by atoms with Gasteiger partial charge in [0.1, 0.15) is 5.75 Å². The third-order valence-corrected chi connectivity index (χ3v) is 4.43. The number of rotatable bonds is 5. The predicted octanol–water partition coefficient (Wildman–Crippen LogP) is 2.92.